The van der Waals surface area contributed by atoms with Gasteiger partial charge in [0.2, 0.25) is 5.75 Å². The average molecular weight is 168 g/mol. The van der Waals surface area contributed by atoms with E-state index in [1.54, 1.807) is 12.1 Å². The second-order valence-electron chi connectivity index (χ2n) is 3.48. The topological polar surface area (TPSA) is 39.4 Å². The highest BCUT2D eigenvalue weighted by Gasteiger charge is 2.13. The van der Waals surface area contributed by atoms with E-state index in [1.807, 2.05) is 20.8 Å². The van der Waals surface area contributed by atoms with E-state index >= 15 is 0 Å². The minimum atomic E-state index is -0.438. The van der Waals surface area contributed by atoms with Crippen LogP contribution in [0.2, 0.25) is 0 Å². The van der Waals surface area contributed by atoms with Crippen LogP contribution in [0.5, 0.6) is 5.75 Å². The number of hydrogen-bond acceptors (Lipinski definition) is 3. The molecule has 0 radical (unpaired) electrons. The molecule has 1 aromatic heterocycles. The zero-order valence-electron chi connectivity index (χ0n) is 7.46. The average Bonchev–Trinajstić information content (AvgIpc) is 1.91. The van der Waals surface area contributed by atoms with Gasteiger partial charge in [-0.1, -0.05) is 0 Å². The lowest BCUT2D eigenvalue weighted by atomic mass is 10.2. The molecule has 1 heterocycles. The van der Waals surface area contributed by atoms with E-state index in [4.69, 9.17) is 4.74 Å². The summed E-state index contributed by atoms with van der Waals surface area (Å²) in [5.74, 6) is 0.255. The van der Waals surface area contributed by atoms with Crippen molar-refractivity contribution in [2.75, 3.05) is 0 Å². The molecule has 3 nitrogen and oxygen atoms in total. The molecular formula is C9H12O3. The normalized spacial score (nSPS) is 11.2. The van der Waals surface area contributed by atoms with Gasteiger partial charge in [-0.3, -0.25) is 0 Å². The van der Waals surface area contributed by atoms with Crippen LogP contribution in [0.1, 0.15) is 20.8 Å². The fraction of sp³-hybridized carbons (Fsp3) is 0.444. The van der Waals surface area contributed by atoms with Crippen LogP contribution >= 0.6 is 0 Å². The van der Waals surface area contributed by atoms with E-state index < -0.39 is 5.63 Å². The van der Waals surface area contributed by atoms with Crippen LogP contribution in [0.3, 0.4) is 0 Å². The lowest BCUT2D eigenvalue weighted by Gasteiger charge is -2.19. The first kappa shape index (κ1) is 8.84. The molecule has 0 aromatic carbocycles. The predicted molar refractivity (Wildman–Crippen MR) is 45.4 cm³/mol. The van der Waals surface area contributed by atoms with Crippen LogP contribution in [0.25, 0.3) is 0 Å². The Hall–Kier alpha value is -1.25. The number of rotatable bonds is 1. The van der Waals surface area contributed by atoms with Gasteiger partial charge in [0, 0.05) is 0 Å². The maximum absolute atomic E-state index is 11.0. The third-order valence-electron chi connectivity index (χ3n) is 1.12. The predicted octanol–water partition coefficient (Wildman–Crippen LogP) is 1.82. The Kier molecular flexibility index (Phi) is 2.22. The van der Waals surface area contributed by atoms with Gasteiger partial charge in [-0.05, 0) is 32.9 Å². The Balaban J connectivity index is 2.91. The molecular weight excluding hydrogens is 156 g/mol. The molecule has 12 heavy (non-hydrogen) atoms. The van der Waals surface area contributed by atoms with Gasteiger partial charge in [0.25, 0.3) is 0 Å². The van der Waals surface area contributed by atoms with Gasteiger partial charge < -0.3 is 9.15 Å². The lowest BCUT2D eigenvalue weighted by Crippen LogP contribution is -2.25. The Labute approximate surface area is 71.0 Å². The van der Waals surface area contributed by atoms with Crippen molar-refractivity contribution in [3.05, 3.63) is 28.8 Å². The summed E-state index contributed by atoms with van der Waals surface area (Å²) in [6, 6.07) is 3.22. The highest BCUT2D eigenvalue weighted by Crippen LogP contribution is 2.12. The van der Waals surface area contributed by atoms with Crippen molar-refractivity contribution < 1.29 is 9.15 Å². The van der Waals surface area contributed by atoms with Gasteiger partial charge in [-0.15, -0.1) is 0 Å². The third kappa shape index (κ3) is 2.42. The second-order valence-corrected chi connectivity index (χ2v) is 3.48. The van der Waals surface area contributed by atoms with Gasteiger partial charge in [0.05, 0.1) is 6.26 Å². The molecule has 0 fully saturated rings. The molecule has 0 N–H and O–H groups in total. The molecule has 0 saturated heterocycles. The molecule has 1 rings (SSSR count). The van der Waals surface area contributed by atoms with Crippen molar-refractivity contribution in [1.29, 1.82) is 0 Å². The molecule has 0 aliphatic heterocycles. The van der Waals surface area contributed by atoms with E-state index in [1.165, 1.54) is 6.26 Å². The fourth-order valence-electron chi connectivity index (χ4n) is 0.759. The maximum Gasteiger partial charge on any atom is 0.378 e. The summed E-state index contributed by atoms with van der Waals surface area (Å²) < 4.78 is 9.95. The molecule has 0 aliphatic carbocycles. The zero-order valence-corrected chi connectivity index (χ0v) is 7.46. The van der Waals surface area contributed by atoms with Crippen molar-refractivity contribution in [3.8, 4) is 5.75 Å². The van der Waals surface area contributed by atoms with Crippen molar-refractivity contribution in [2.45, 2.75) is 26.4 Å². The van der Waals surface area contributed by atoms with Crippen molar-refractivity contribution in [3.63, 3.8) is 0 Å². The van der Waals surface area contributed by atoms with Crippen LogP contribution in [-0.4, -0.2) is 5.60 Å². The molecule has 0 amide bonds. The Morgan fingerprint density at radius 2 is 2.08 bits per heavy atom. The highest BCUT2D eigenvalue weighted by atomic mass is 16.5. The molecule has 0 spiro atoms. The zero-order chi connectivity index (χ0) is 9.19. The van der Waals surface area contributed by atoms with Crippen molar-refractivity contribution in [1.82, 2.24) is 0 Å². The van der Waals surface area contributed by atoms with Gasteiger partial charge in [-0.25, -0.2) is 4.79 Å². The molecule has 66 valence electrons. The van der Waals surface area contributed by atoms with Crippen LogP contribution < -0.4 is 10.4 Å². The van der Waals surface area contributed by atoms with Crippen LogP contribution in [0.4, 0.5) is 0 Å². The molecule has 0 unspecified atom stereocenters. The minimum absolute atomic E-state index is 0.255. The summed E-state index contributed by atoms with van der Waals surface area (Å²) in [7, 11) is 0. The van der Waals surface area contributed by atoms with Gasteiger partial charge >= 0.3 is 5.63 Å². The molecule has 1 aromatic rings. The quantitative estimate of drug-likeness (QED) is 0.642. The van der Waals surface area contributed by atoms with Crippen LogP contribution in [-0.2, 0) is 0 Å². The summed E-state index contributed by atoms with van der Waals surface area (Å²) in [4.78, 5) is 11.0. The van der Waals surface area contributed by atoms with Gasteiger partial charge in [0.1, 0.15) is 5.60 Å². The summed E-state index contributed by atoms with van der Waals surface area (Å²) in [5.41, 5.74) is -0.803. The van der Waals surface area contributed by atoms with E-state index in [0.29, 0.717) is 0 Å². The van der Waals surface area contributed by atoms with E-state index in [0.717, 1.165) is 0 Å². The van der Waals surface area contributed by atoms with Gasteiger partial charge in [0.15, 0.2) is 0 Å². The Morgan fingerprint density at radius 1 is 1.42 bits per heavy atom. The molecule has 0 aliphatic rings. The Morgan fingerprint density at radius 3 is 2.58 bits per heavy atom. The third-order valence-corrected chi connectivity index (χ3v) is 1.12. The van der Waals surface area contributed by atoms with Crippen LogP contribution in [0, 0.1) is 0 Å². The summed E-state index contributed by atoms with van der Waals surface area (Å²) in [6.45, 7) is 5.62. The fourth-order valence-corrected chi connectivity index (χ4v) is 0.759. The first-order valence-corrected chi connectivity index (χ1v) is 3.76. The van der Waals surface area contributed by atoms with E-state index in [9.17, 15) is 4.79 Å². The van der Waals surface area contributed by atoms with Crippen LogP contribution in [0.15, 0.2) is 27.6 Å². The summed E-state index contributed by atoms with van der Waals surface area (Å²) >= 11 is 0. The van der Waals surface area contributed by atoms with Gasteiger partial charge in [-0.2, -0.15) is 0 Å². The monoisotopic (exact) mass is 168 g/mol. The SMILES string of the molecule is CC(C)(C)Oc1cccoc1=O. The molecule has 0 bridgehead atoms. The van der Waals surface area contributed by atoms with Crippen molar-refractivity contribution >= 4 is 0 Å². The molecule has 3 heteroatoms. The van der Waals surface area contributed by atoms with E-state index in [-0.39, 0.29) is 11.4 Å². The number of hydrogen-bond donors (Lipinski definition) is 0. The molecule has 0 saturated carbocycles. The summed E-state index contributed by atoms with van der Waals surface area (Å²) in [6.07, 6.45) is 1.33. The minimum Gasteiger partial charge on any atom is -0.481 e. The lowest BCUT2D eigenvalue weighted by molar-refractivity contribution is 0.124. The van der Waals surface area contributed by atoms with Crippen molar-refractivity contribution in [2.24, 2.45) is 0 Å². The highest BCUT2D eigenvalue weighted by molar-refractivity contribution is 5.14. The van der Waals surface area contributed by atoms with E-state index in [2.05, 4.69) is 4.42 Å². The first-order valence-electron chi connectivity index (χ1n) is 3.76. The largest absolute Gasteiger partial charge is 0.481 e. The standard InChI is InChI=1S/C9H12O3/c1-9(2,3)12-7-5-4-6-11-8(7)10/h4-6H,1-3H3. The second kappa shape index (κ2) is 3.01. The number of ether oxygens (including phenoxy) is 1. The Bertz CT molecular complexity index is 306. The smallest absolute Gasteiger partial charge is 0.378 e. The molecule has 0 atom stereocenters. The summed E-state index contributed by atoms with van der Waals surface area (Å²) in [5, 5.41) is 0. The first-order chi connectivity index (χ1) is 5.49. The maximum atomic E-state index is 11.0.